The first kappa shape index (κ1) is 14.6. The Hall–Kier alpha value is -1.85. The van der Waals surface area contributed by atoms with E-state index in [-0.39, 0.29) is 18.4 Å². The molecule has 6 nitrogen and oxygen atoms in total. The first-order valence-electron chi connectivity index (χ1n) is 7.01. The lowest BCUT2D eigenvalue weighted by atomic mass is 9.84. The van der Waals surface area contributed by atoms with Crippen LogP contribution in [-0.4, -0.2) is 33.2 Å². The zero-order chi connectivity index (χ0) is 14.7. The van der Waals surface area contributed by atoms with Crippen molar-refractivity contribution in [1.29, 1.82) is 0 Å². The Morgan fingerprint density at radius 2 is 2.05 bits per heavy atom. The number of carbonyl (C=O) groups excluding carboxylic acids is 1. The number of aromatic nitrogens is 2. The summed E-state index contributed by atoms with van der Waals surface area (Å²) in [6.07, 6.45) is 3.52. The van der Waals surface area contributed by atoms with Gasteiger partial charge in [0, 0.05) is 17.3 Å². The number of aliphatic carboxylic acids is 1. The van der Waals surface area contributed by atoms with E-state index in [1.165, 1.54) is 0 Å². The molecule has 0 aromatic carbocycles. The monoisotopic (exact) mass is 279 g/mol. The predicted molar refractivity (Wildman–Crippen MR) is 73.3 cm³/mol. The highest BCUT2D eigenvalue weighted by molar-refractivity contribution is 5.80. The summed E-state index contributed by atoms with van der Waals surface area (Å²) in [5.41, 5.74) is 2.59. The van der Waals surface area contributed by atoms with Gasteiger partial charge in [0.05, 0.1) is 18.0 Å². The predicted octanol–water partition coefficient (Wildman–Crippen LogP) is 1.33. The van der Waals surface area contributed by atoms with E-state index >= 15 is 0 Å². The van der Waals surface area contributed by atoms with Crippen LogP contribution in [0.1, 0.15) is 42.6 Å². The summed E-state index contributed by atoms with van der Waals surface area (Å²) < 4.78 is 0. The average molecular weight is 279 g/mol. The maximum atomic E-state index is 12.1. The normalized spacial score (nSPS) is 22.5. The van der Waals surface area contributed by atoms with Gasteiger partial charge in [-0.15, -0.1) is 0 Å². The summed E-state index contributed by atoms with van der Waals surface area (Å²) in [5, 5.41) is 19.0. The minimum atomic E-state index is -0.814. The van der Waals surface area contributed by atoms with Crippen molar-refractivity contribution in [1.82, 2.24) is 15.5 Å². The van der Waals surface area contributed by atoms with E-state index in [2.05, 4.69) is 15.5 Å². The summed E-state index contributed by atoms with van der Waals surface area (Å²) >= 11 is 0. The van der Waals surface area contributed by atoms with Gasteiger partial charge >= 0.3 is 5.97 Å². The van der Waals surface area contributed by atoms with Crippen LogP contribution in [0.3, 0.4) is 0 Å². The van der Waals surface area contributed by atoms with Crippen molar-refractivity contribution in [2.45, 2.75) is 52.0 Å². The second-order valence-corrected chi connectivity index (χ2v) is 5.49. The van der Waals surface area contributed by atoms with Crippen LogP contribution in [-0.2, 0) is 16.0 Å². The quantitative estimate of drug-likeness (QED) is 0.774. The summed E-state index contributed by atoms with van der Waals surface area (Å²) in [6.45, 7) is 3.73. The van der Waals surface area contributed by atoms with Crippen LogP contribution in [0.4, 0.5) is 0 Å². The molecule has 0 aliphatic heterocycles. The SMILES string of the molecule is Cc1n[nH]c(C)c1CC(=O)NC1CCCCC1C(=O)O. The molecule has 2 rings (SSSR count). The van der Waals surface area contributed by atoms with Crippen molar-refractivity contribution in [3.05, 3.63) is 17.0 Å². The number of nitrogens with one attached hydrogen (secondary N) is 2. The van der Waals surface area contributed by atoms with Gasteiger partial charge in [-0.05, 0) is 26.7 Å². The lowest BCUT2D eigenvalue weighted by molar-refractivity contribution is -0.144. The molecule has 0 bridgehead atoms. The standard InChI is InChI=1S/C14H21N3O3/c1-8-11(9(2)17-16-8)7-13(18)15-12-6-4-3-5-10(12)14(19)20/h10,12H,3-7H2,1-2H3,(H,15,18)(H,16,17)(H,19,20). The Morgan fingerprint density at radius 3 is 2.65 bits per heavy atom. The molecule has 0 radical (unpaired) electrons. The number of aryl methyl sites for hydroxylation is 2. The number of nitrogens with zero attached hydrogens (tertiary/aromatic N) is 1. The molecule has 1 aromatic rings. The molecule has 1 aliphatic rings. The van der Waals surface area contributed by atoms with E-state index in [9.17, 15) is 14.7 Å². The molecule has 1 amide bonds. The van der Waals surface area contributed by atoms with Gasteiger partial charge in [0.1, 0.15) is 0 Å². The number of carbonyl (C=O) groups is 2. The second kappa shape index (κ2) is 6.07. The molecule has 0 spiro atoms. The first-order chi connectivity index (χ1) is 9.49. The van der Waals surface area contributed by atoms with Gasteiger partial charge < -0.3 is 10.4 Å². The molecule has 2 atom stereocenters. The van der Waals surface area contributed by atoms with Crippen LogP contribution in [0.25, 0.3) is 0 Å². The highest BCUT2D eigenvalue weighted by Crippen LogP contribution is 2.24. The third-order valence-corrected chi connectivity index (χ3v) is 4.05. The fourth-order valence-electron chi connectivity index (χ4n) is 2.85. The molecule has 20 heavy (non-hydrogen) atoms. The number of aromatic amines is 1. The van der Waals surface area contributed by atoms with E-state index in [4.69, 9.17) is 0 Å². The van der Waals surface area contributed by atoms with Gasteiger partial charge in [0.25, 0.3) is 0 Å². The Bertz CT molecular complexity index is 490. The minimum Gasteiger partial charge on any atom is -0.481 e. The van der Waals surface area contributed by atoms with Gasteiger partial charge in [0.2, 0.25) is 5.91 Å². The Morgan fingerprint density at radius 1 is 1.35 bits per heavy atom. The van der Waals surface area contributed by atoms with Crippen molar-refractivity contribution in [3.63, 3.8) is 0 Å². The smallest absolute Gasteiger partial charge is 0.308 e. The van der Waals surface area contributed by atoms with E-state index in [1.807, 2.05) is 13.8 Å². The van der Waals surface area contributed by atoms with Crippen molar-refractivity contribution in [2.75, 3.05) is 0 Å². The highest BCUT2D eigenvalue weighted by atomic mass is 16.4. The Labute approximate surface area is 118 Å². The molecule has 6 heteroatoms. The lowest BCUT2D eigenvalue weighted by Crippen LogP contribution is -2.45. The molecule has 110 valence electrons. The molecule has 1 saturated carbocycles. The largest absolute Gasteiger partial charge is 0.481 e. The molecule has 1 aromatic heterocycles. The van der Waals surface area contributed by atoms with Gasteiger partial charge in [-0.2, -0.15) is 5.10 Å². The van der Waals surface area contributed by atoms with Gasteiger partial charge in [-0.3, -0.25) is 14.7 Å². The number of carboxylic acid groups (broad SMARTS) is 1. The second-order valence-electron chi connectivity index (χ2n) is 5.49. The molecule has 1 aliphatic carbocycles. The maximum absolute atomic E-state index is 12.1. The molecule has 0 saturated heterocycles. The summed E-state index contributed by atoms with van der Waals surface area (Å²) in [4.78, 5) is 23.3. The summed E-state index contributed by atoms with van der Waals surface area (Å²) in [6, 6.07) is -0.249. The highest BCUT2D eigenvalue weighted by Gasteiger charge is 2.31. The van der Waals surface area contributed by atoms with Crippen LogP contribution in [0.15, 0.2) is 0 Å². The molecular weight excluding hydrogens is 258 g/mol. The van der Waals surface area contributed by atoms with E-state index in [0.29, 0.717) is 6.42 Å². The number of rotatable bonds is 4. The molecule has 3 N–H and O–H groups in total. The van der Waals surface area contributed by atoms with Crippen LogP contribution in [0.2, 0.25) is 0 Å². The van der Waals surface area contributed by atoms with E-state index in [1.54, 1.807) is 0 Å². The molecule has 1 heterocycles. The van der Waals surface area contributed by atoms with Crippen molar-refractivity contribution < 1.29 is 14.7 Å². The van der Waals surface area contributed by atoms with E-state index in [0.717, 1.165) is 36.2 Å². The third kappa shape index (κ3) is 3.18. The van der Waals surface area contributed by atoms with E-state index < -0.39 is 11.9 Å². The molecular formula is C14H21N3O3. The first-order valence-corrected chi connectivity index (χ1v) is 7.01. The third-order valence-electron chi connectivity index (χ3n) is 4.05. The minimum absolute atomic E-state index is 0.129. The number of H-pyrrole nitrogens is 1. The number of carboxylic acids is 1. The lowest BCUT2D eigenvalue weighted by Gasteiger charge is -2.29. The number of hydrogen-bond acceptors (Lipinski definition) is 3. The fraction of sp³-hybridized carbons (Fsp3) is 0.643. The van der Waals surface area contributed by atoms with Crippen LogP contribution < -0.4 is 5.32 Å². The number of amides is 1. The van der Waals surface area contributed by atoms with Crippen LogP contribution in [0, 0.1) is 19.8 Å². The van der Waals surface area contributed by atoms with Gasteiger partial charge in [0.15, 0.2) is 0 Å². The topological polar surface area (TPSA) is 95.1 Å². The van der Waals surface area contributed by atoms with Crippen LogP contribution >= 0.6 is 0 Å². The summed E-state index contributed by atoms with van der Waals surface area (Å²) in [5.74, 6) is -1.40. The van der Waals surface area contributed by atoms with Crippen molar-refractivity contribution in [2.24, 2.45) is 5.92 Å². The molecule has 1 fully saturated rings. The molecule has 2 unspecified atom stereocenters. The van der Waals surface area contributed by atoms with Crippen LogP contribution in [0.5, 0.6) is 0 Å². The van der Waals surface area contributed by atoms with Gasteiger partial charge in [-0.1, -0.05) is 12.8 Å². The van der Waals surface area contributed by atoms with Crippen molar-refractivity contribution >= 4 is 11.9 Å². The zero-order valence-corrected chi connectivity index (χ0v) is 11.9. The maximum Gasteiger partial charge on any atom is 0.308 e. The zero-order valence-electron chi connectivity index (χ0n) is 11.9. The summed E-state index contributed by atoms with van der Waals surface area (Å²) in [7, 11) is 0. The fourth-order valence-corrected chi connectivity index (χ4v) is 2.85. The average Bonchev–Trinajstić information content (AvgIpc) is 2.71. The Kier molecular flexibility index (Phi) is 4.42. The Balaban J connectivity index is 1.98. The van der Waals surface area contributed by atoms with Crippen molar-refractivity contribution in [3.8, 4) is 0 Å². The van der Waals surface area contributed by atoms with Gasteiger partial charge in [-0.25, -0.2) is 0 Å². The number of hydrogen-bond donors (Lipinski definition) is 3.